The zero-order chi connectivity index (χ0) is 13.7. The van der Waals surface area contributed by atoms with E-state index in [9.17, 15) is 4.79 Å². The van der Waals surface area contributed by atoms with Gasteiger partial charge in [0.05, 0.1) is 0 Å². The van der Waals surface area contributed by atoms with Crippen LogP contribution in [-0.2, 0) is 0 Å². The van der Waals surface area contributed by atoms with Crippen LogP contribution in [-0.4, -0.2) is 22.4 Å². The predicted molar refractivity (Wildman–Crippen MR) is 76.5 cm³/mol. The topological polar surface area (TPSA) is 69.8 Å². The van der Waals surface area contributed by atoms with Gasteiger partial charge in [-0.15, -0.1) is 0 Å². The second-order valence-electron chi connectivity index (χ2n) is 4.35. The summed E-state index contributed by atoms with van der Waals surface area (Å²) in [4.78, 5) is 18.9. The monoisotopic (exact) mass is 258 g/mol. The van der Waals surface area contributed by atoms with Crippen molar-refractivity contribution in [3.63, 3.8) is 0 Å². The van der Waals surface area contributed by atoms with Crippen molar-refractivity contribution in [3.05, 3.63) is 41.7 Å². The van der Waals surface area contributed by atoms with Crippen LogP contribution < -0.4 is 10.6 Å². The third kappa shape index (κ3) is 3.34. The maximum atomic E-state index is 12.1. The number of rotatable bonds is 5. The van der Waals surface area contributed by atoms with Crippen LogP contribution in [0.4, 0.5) is 11.6 Å². The van der Waals surface area contributed by atoms with E-state index in [0.29, 0.717) is 11.5 Å². The van der Waals surface area contributed by atoms with E-state index in [-0.39, 0.29) is 5.91 Å². The van der Waals surface area contributed by atoms with Gasteiger partial charge in [-0.3, -0.25) is 10.1 Å². The highest BCUT2D eigenvalue weighted by Gasteiger charge is 2.10. The van der Waals surface area contributed by atoms with Crippen LogP contribution >= 0.6 is 0 Å². The Morgan fingerprint density at radius 3 is 2.89 bits per heavy atom. The molecule has 19 heavy (non-hydrogen) atoms. The summed E-state index contributed by atoms with van der Waals surface area (Å²) >= 11 is 0. The normalized spacial score (nSPS) is 10.2. The second kappa shape index (κ2) is 6.04. The Morgan fingerprint density at radius 1 is 1.42 bits per heavy atom. The number of carbonyl (C=O) groups excluding carboxylic acids is 1. The molecule has 5 nitrogen and oxygen atoms in total. The van der Waals surface area contributed by atoms with Crippen molar-refractivity contribution < 1.29 is 4.79 Å². The Morgan fingerprint density at radius 2 is 2.26 bits per heavy atom. The van der Waals surface area contributed by atoms with E-state index in [0.717, 1.165) is 24.2 Å². The van der Waals surface area contributed by atoms with Crippen LogP contribution in [0.2, 0.25) is 0 Å². The van der Waals surface area contributed by atoms with Crippen molar-refractivity contribution in [1.29, 1.82) is 0 Å². The molecule has 0 unspecified atom stereocenters. The maximum Gasteiger partial charge on any atom is 0.258 e. The number of carbonyl (C=O) groups is 1. The number of benzene rings is 1. The van der Waals surface area contributed by atoms with Gasteiger partial charge in [-0.25, -0.2) is 4.98 Å². The molecule has 0 saturated carbocycles. The highest BCUT2D eigenvalue weighted by atomic mass is 16.1. The summed E-state index contributed by atoms with van der Waals surface area (Å²) in [7, 11) is 0. The van der Waals surface area contributed by atoms with E-state index in [4.69, 9.17) is 0 Å². The number of hydrogen-bond donors (Lipinski definition) is 3. The van der Waals surface area contributed by atoms with E-state index < -0.39 is 0 Å². The van der Waals surface area contributed by atoms with Crippen LogP contribution in [0.1, 0.15) is 29.3 Å². The van der Waals surface area contributed by atoms with E-state index in [1.165, 1.54) is 0 Å². The van der Waals surface area contributed by atoms with Gasteiger partial charge in [0.15, 0.2) is 0 Å². The number of aromatic nitrogens is 2. The van der Waals surface area contributed by atoms with Crippen LogP contribution in [0, 0.1) is 6.92 Å². The van der Waals surface area contributed by atoms with Crippen molar-refractivity contribution in [1.82, 2.24) is 9.97 Å². The van der Waals surface area contributed by atoms with Crippen molar-refractivity contribution in [2.24, 2.45) is 0 Å². The van der Waals surface area contributed by atoms with Crippen LogP contribution in [0.25, 0.3) is 0 Å². The molecule has 0 aliphatic heterocycles. The van der Waals surface area contributed by atoms with Gasteiger partial charge in [0.1, 0.15) is 0 Å². The molecule has 1 aromatic heterocycles. The average Bonchev–Trinajstić information content (AvgIpc) is 2.89. The van der Waals surface area contributed by atoms with Crippen LogP contribution in [0.3, 0.4) is 0 Å². The molecule has 0 spiro atoms. The lowest BCUT2D eigenvalue weighted by Gasteiger charge is -2.09. The average molecular weight is 258 g/mol. The number of H-pyrrole nitrogens is 1. The second-order valence-corrected chi connectivity index (χ2v) is 4.35. The summed E-state index contributed by atoms with van der Waals surface area (Å²) in [5.41, 5.74) is 2.62. The number of anilines is 2. The Bertz CT molecular complexity index is 549. The molecule has 0 bridgehead atoms. The molecule has 1 heterocycles. The molecule has 1 aromatic carbocycles. The number of nitrogens with zero attached hydrogens (tertiary/aromatic N) is 1. The van der Waals surface area contributed by atoms with Crippen LogP contribution in [0.5, 0.6) is 0 Å². The van der Waals surface area contributed by atoms with Crippen molar-refractivity contribution >= 4 is 17.5 Å². The van der Waals surface area contributed by atoms with E-state index in [1.54, 1.807) is 12.4 Å². The van der Waals surface area contributed by atoms with Crippen molar-refractivity contribution in [3.8, 4) is 0 Å². The van der Waals surface area contributed by atoms with Gasteiger partial charge in [0.25, 0.3) is 5.91 Å². The number of hydrogen-bond acceptors (Lipinski definition) is 3. The van der Waals surface area contributed by atoms with Gasteiger partial charge < -0.3 is 10.3 Å². The lowest BCUT2D eigenvalue weighted by Crippen LogP contribution is -2.14. The number of aromatic amines is 1. The zero-order valence-corrected chi connectivity index (χ0v) is 11.2. The lowest BCUT2D eigenvalue weighted by molar-refractivity contribution is 0.102. The number of aryl methyl sites for hydroxylation is 1. The first-order chi connectivity index (χ1) is 9.20. The van der Waals surface area contributed by atoms with E-state index >= 15 is 0 Å². The molecule has 0 fully saturated rings. The van der Waals surface area contributed by atoms with Gasteiger partial charge in [-0.05, 0) is 37.1 Å². The van der Waals surface area contributed by atoms with Gasteiger partial charge in [-0.1, -0.05) is 6.92 Å². The van der Waals surface area contributed by atoms with Gasteiger partial charge in [-0.2, -0.15) is 0 Å². The van der Waals surface area contributed by atoms with Gasteiger partial charge in [0, 0.05) is 30.2 Å². The molecule has 100 valence electrons. The van der Waals surface area contributed by atoms with E-state index in [1.807, 2.05) is 25.1 Å². The van der Waals surface area contributed by atoms with Crippen molar-refractivity contribution in [2.75, 3.05) is 17.2 Å². The molecular formula is C14H18N4O. The zero-order valence-electron chi connectivity index (χ0n) is 11.2. The summed E-state index contributed by atoms with van der Waals surface area (Å²) in [6.07, 6.45) is 4.33. The summed E-state index contributed by atoms with van der Waals surface area (Å²) in [5.74, 6) is 0.298. The number of nitrogens with one attached hydrogen (secondary N) is 3. The lowest BCUT2D eigenvalue weighted by atomic mass is 10.1. The standard InChI is InChI=1S/C14H18N4O/c1-3-6-15-11-4-5-12(10(2)9-11)13(19)18-14-16-7-8-17-14/h4-5,7-9,15H,3,6H2,1-2H3,(H2,16,17,18,19). The fraction of sp³-hybridized carbons (Fsp3) is 0.286. The van der Waals surface area contributed by atoms with E-state index in [2.05, 4.69) is 27.5 Å². The van der Waals surface area contributed by atoms with Crippen LogP contribution in [0.15, 0.2) is 30.6 Å². The molecule has 0 aliphatic carbocycles. The summed E-state index contributed by atoms with van der Waals surface area (Å²) < 4.78 is 0. The molecule has 1 amide bonds. The molecule has 3 N–H and O–H groups in total. The molecule has 2 aromatic rings. The quantitative estimate of drug-likeness (QED) is 0.772. The Labute approximate surface area is 112 Å². The Balaban J connectivity index is 2.09. The molecular weight excluding hydrogens is 240 g/mol. The minimum absolute atomic E-state index is 0.158. The summed E-state index contributed by atoms with van der Waals surface area (Å²) in [6, 6.07) is 5.72. The first-order valence-corrected chi connectivity index (χ1v) is 6.36. The van der Waals surface area contributed by atoms with Crippen molar-refractivity contribution in [2.45, 2.75) is 20.3 Å². The third-order valence-electron chi connectivity index (χ3n) is 2.78. The largest absolute Gasteiger partial charge is 0.385 e. The maximum absolute atomic E-state index is 12.1. The SMILES string of the molecule is CCCNc1ccc(C(=O)Nc2ncc[nH]2)c(C)c1. The molecule has 0 aliphatic rings. The number of amides is 1. The smallest absolute Gasteiger partial charge is 0.258 e. The fourth-order valence-corrected chi connectivity index (χ4v) is 1.81. The minimum atomic E-state index is -0.158. The summed E-state index contributed by atoms with van der Waals surface area (Å²) in [5, 5.41) is 6.01. The minimum Gasteiger partial charge on any atom is -0.385 e. The Hall–Kier alpha value is -2.30. The fourth-order valence-electron chi connectivity index (χ4n) is 1.81. The molecule has 0 atom stereocenters. The third-order valence-corrected chi connectivity index (χ3v) is 2.78. The Kier molecular flexibility index (Phi) is 4.18. The van der Waals surface area contributed by atoms with Gasteiger partial charge >= 0.3 is 0 Å². The first-order valence-electron chi connectivity index (χ1n) is 6.36. The highest BCUT2D eigenvalue weighted by Crippen LogP contribution is 2.16. The first kappa shape index (κ1) is 13.1. The molecule has 0 saturated heterocycles. The van der Waals surface area contributed by atoms with Gasteiger partial charge in [0.2, 0.25) is 5.95 Å². The highest BCUT2D eigenvalue weighted by molar-refractivity contribution is 6.04. The molecule has 5 heteroatoms. The summed E-state index contributed by atoms with van der Waals surface area (Å²) in [6.45, 7) is 4.97. The molecule has 0 radical (unpaired) electrons. The predicted octanol–water partition coefficient (Wildman–Crippen LogP) is 2.79. The number of imidazole rings is 1. The molecule has 2 rings (SSSR count).